The molecular weight excluding hydrogens is 412 g/mol. The van der Waals surface area contributed by atoms with E-state index in [-0.39, 0.29) is 5.78 Å². The van der Waals surface area contributed by atoms with E-state index < -0.39 is 23.4 Å². The van der Waals surface area contributed by atoms with Gasteiger partial charge in [0.1, 0.15) is 17.8 Å². The van der Waals surface area contributed by atoms with E-state index in [1.54, 1.807) is 42.6 Å². The van der Waals surface area contributed by atoms with Gasteiger partial charge in [-0.05, 0) is 41.0 Å². The highest BCUT2D eigenvalue weighted by molar-refractivity contribution is 6.02. The Morgan fingerprint density at radius 3 is 2.30 bits per heavy atom. The fourth-order valence-corrected chi connectivity index (χ4v) is 5.06. The van der Waals surface area contributed by atoms with Crippen molar-refractivity contribution < 1.29 is 9.53 Å². The first-order chi connectivity index (χ1) is 16.1. The molecule has 1 fully saturated rings. The zero-order valence-corrected chi connectivity index (χ0v) is 17.9. The van der Waals surface area contributed by atoms with Crippen LogP contribution in [-0.2, 0) is 0 Å². The van der Waals surface area contributed by atoms with Crippen LogP contribution in [0.2, 0.25) is 0 Å². The van der Waals surface area contributed by atoms with Gasteiger partial charge in [-0.3, -0.25) is 9.80 Å². The molecule has 2 aliphatic rings. The summed E-state index contributed by atoms with van der Waals surface area (Å²) in [5.74, 6) is -0.249. The minimum Gasteiger partial charge on any atom is -0.497 e. The second-order valence-electron chi connectivity index (χ2n) is 8.17. The molecule has 33 heavy (non-hydrogen) atoms. The van der Waals surface area contributed by atoms with E-state index in [2.05, 4.69) is 17.2 Å². The van der Waals surface area contributed by atoms with E-state index in [9.17, 15) is 15.3 Å². The molecular formula is C27H20N4O2. The van der Waals surface area contributed by atoms with Gasteiger partial charge >= 0.3 is 0 Å². The number of methoxy groups -OCH3 is 1. The zero-order chi connectivity index (χ0) is 23.0. The van der Waals surface area contributed by atoms with Crippen LogP contribution >= 0.6 is 0 Å². The van der Waals surface area contributed by atoms with Crippen LogP contribution in [0, 0.1) is 28.1 Å². The molecule has 0 N–H and O–H groups in total. The van der Waals surface area contributed by atoms with Crippen molar-refractivity contribution in [2.45, 2.75) is 18.0 Å². The maximum atomic E-state index is 13.9. The average Bonchev–Trinajstić information content (AvgIpc) is 3.20. The Hall–Kier alpha value is -4.42. The average molecular weight is 432 g/mol. The SMILES string of the molecule is COc1ccc(C(=O)[C@@H]2[C@H](c3ccccc3)C(C#N)(C#N)[C@H]3c4ccccc4C=NN23)cc1. The molecule has 0 aliphatic carbocycles. The normalized spacial score (nSPS) is 21.9. The molecule has 1 saturated heterocycles. The number of nitrogens with zero attached hydrogens (tertiary/aromatic N) is 4. The number of nitriles is 2. The molecule has 0 bridgehead atoms. The van der Waals surface area contributed by atoms with Gasteiger partial charge in [0, 0.05) is 11.5 Å². The maximum absolute atomic E-state index is 13.9. The number of carbonyl (C=O) groups excluding carboxylic acids is 1. The van der Waals surface area contributed by atoms with Gasteiger partial charge in [0.2, 0.25) is 0 Å². The summed E-state index contributed by atoms with van der Waals surface area (Å²) in [6.45, 7) is 0. The predicted octanol–water partition coefficient (Wildman–Crippen LogP) is 4.47. The summed E-state index contributed by atoms with van der Waals surface area (Å²) in [6.07, 6.45) is 1.70. The molecule has 0 spiro atoms. The number of benzene rings is 3. The largest absolute Gasteiger partial charge is 0.497 e. The molecule has 0 saturated carbocycles. The van der Waals surface area contributed by atoms with E-state index in [1.165, 1.54) is 0 Å². The van der Waals surface area contributed by atoms with Crippen LogP contribution in [0.4, 0.5) is 0 Å². The highest BCUT2D eigenvalue weighted by atomic mass is 16.5. The number of rotatable bonds is 4. The van der Waals surface area contributed by atoms with Crippen LogP contribution in [0.15, 0.2) is 84.0 Å². The van der Waals surface area contributed by atoms with Gasteiger partial charge in [-0.25, -0.2) is 0 Å². The molecule has 0 unspecified atom stereocenters. The highest BCUT2D eigenvalue weighted by Crippen LogP contribution is 2.59. The number of ketones is 1. The van der Waals surface area contributed by atoms with E-state index in [4.69, 9.17) is 4.74 Å². The molecule has 2 aliphatic heterocycles. The lowest BCUT2D eigenvalue weighted by Crippen LogP contribution is -2.38. The first-order valence-electron chi connectivity index (χ1n) is 10.6. The van der Waals surface area contributed by atoms with E-state index in [1.807, 2.05) is 54.6 Å². The van der Waals surface area contributed by atoms with Crippen LogP contribution in [0.5, 0.6) is 5.75 Å². The second kappa shape index (κ2) is 7.93. The van der Waals surface area contributed by atoms with E-state index in [0.717, 1.165) is 16.7 Å². The quantitative estimate of drug-likeness (QED) is 0.568. The van der Waals surface area contributed by atoms with Crippen molar-refractivity contribution in [2.75, 3.05) is 7.11 Å². The number of Topliss-reactive ketones (excluding diaryl/α,β-unsaturated/α-hetero) is 1. The summed E-state index contributed by atoms with van der Waals surface area (Å²) in [5.41, 5.74) is 1.39. The Balaban J connectivity index is 1.74. The Morgan fingerprint density at radius 2 is 1.64 bits per heavy atom. The number of hydrogen-bond donors (Lipinski definition) is 0. The molecule has 3 aromatic rings. The Morgan fingerprint density at radius 1 is 0.970 bits per heavy atom. The van der Waals surface area contributed by atoms with Crippen LogP contribution in [0.1, 0.15) is 39.0 Å². The number of hydrazone groups is 1. The third-order valence-electron chi connectivity index (χ3n) is 6.58. The van der Waals surface area contributed by atoms with Crippen LogP contribution in [-0.4, -0.2) is 30.2 Å². The second-order valence-corrected chi connectivity index (χ2v) is 8.17. The lowest BCUT2D eigenvalue weighted by molar-refractivity contribution is 0.0821. The third-order valence-corrected chi connectivity index (χ3v) is 6.58. The standard InChI is InChI=1S/C27H20N4O2/c1-33-21-13-11-19(12-14-21)25(32)24-23(18-7-3-2-4-8-18)27(16-28,17-29)26-22-10-6-5-9-20(22)15-30-31(24)26/h2-15,23-24,26H,1H3/t23-,24-,26+/m0/s1. The van der Waals surface area contributed by atoms with Gasteiger partial charge in [0.05, 0.1) is 25.5 Å². The fourth-order valence-electron chi connectivity index (χ4n) is 5.06. The molecule has 6 heteroatoms. The van der Waals surface area contributed by atoms with Gasteiger partial charge < -0.3 is 4.74 Å². The number of fused-ring (bicyclic) bond motifs is 3. The molecule has 2 heterocycles. The van der Waals surface area contributed by atoms with Crippen molar-refractivity contribution in [3.63, 3.8) is 0 Å². The molecule has 6 nitrogen and oxygen atoms in total. The lowest BCUT2D eigenvalue weighted by atomic mass is 9.67. The number of ether oxygens (including phenoxy) is 1. The van der Waals surface area contributed by atoms with E-state index >= 15 is 0 Å². The maximum Gasteiger partial charge on any atom is 0.187 e. The molecule has 3 aromatic carbocycles. The summed E-state index contributed by atoms with van der Waals surface area (Å²) in [4.78, 5) is 13.9. The number of hydrogen-bond acceptors (Lipinski definition) is 6. The van der Waals surface area contributed by atoms with Gasteiger partial charge in [0.15, 0.2) is 11.2 Å². The third kappa shape index (κ3) is 3.00. The minimum absolute atomic E-state index is 0.194. The van der Waals surface area contributed by atoms with Crippen LogP contribution in [0.3, 0.4) is 0 Å². The zero-order valence-electron chi connectivity index (χ0n) is 17.9. The minimum atomic E-state index is -1.51. The van der Waals surface area contributed by atoms with E-state index in [0.29, 0.717) is 11.3 Å². The summed E-state index contributed by atoms with van der Waals surface area (Å²) in [6, 6.07) is 26.9. The van der Waals surface area contributed by atoms with Gasteiger partial charge in [-0.2, -0.15) is 15.6 Å². The van der Waals surface area contributed by atoms with Gasteiger partial charge in [-0.15, -0.1) is 0 Å². The first-order valence-corrected chi connectivity index (χ1v) is 10.6. The Labute approximate surface area is 192 Å². The summed E-state index contributed by atoms with van der Waals surface area (Å²) < 4.78 is 5.23. The van der Waals surface area contributed by atoms with Crippen molar-refractivity contribution in [2.24, 2.45) is 10.5 Å². The smallest absolute Gasteiger partial charge is 0.187 e. The summed E-state index contributed by atoms with van der Waals surface area (Å²) >= 11 is 0. The van der Waals surface area contributed by atoms with Gasteiger partial charge in [0.25, 0.3) is 0 Å². The summed E-state index contributed by atoms with van der Waals surface area (Å²) in [5, 5.41) is 27.2. The molecule has 5 rings (SSSR count). The number of carbonyl (C=O) groups is 1. The van der Waals surface area contributed by atoms with Crippen LogP contribution < -0.4 is 4.74 Å². The van der Waals surface area contributed by atoms with Crippen LogP contribution in [0.25, 0.3) is 0 Å². The molecule has 0 amide bonds. The molecule has 3 atom stereocenters. The summed E-state index contributed by atoms with van der Waals surface area (Å²) in [7, 11) is 1.57. The molecule has 0 radical (unpaired) electrons. The van der Waals surface area contributed by atoms with Crippen molar-refractivity contribution in [3.8, 4) is 17.9 Å². The van der Waals surface area contributed by atoms with Gasteiger partial charge in [-0.1, -0.05) is 54.6 Å². The Kier molecular flexibility index (Phi) is 4.92. The Bertz CT molecular complexity index is 1300. The monoisotopic (exact) mass is 432 g/mol. The van der Waals surface area contributed by atoms with Crippen molar-refractivity contribution in [3.05, 3.63) is 101 Å². The highest BCUT2D eigenvalue weighted by Gasteiger charge is 2.64. The predicted molar refractivity (Wildman–Crippen MR) is 123 cm³/mol. The molecule has 0 aromatic heterocycles. The lowest BCUT2D eigenvalue weighted by Gasteiger charge is -2.33. The first kappa shape index (κ1) is 20.5. The topological polar surface area (TPSA) is 89.5 Å². The van der Waals surface area contributed by atoms with Crippen molar-refractivity contribution >= 4 is 12.0 Å². The van der Waals surface area contributed by atoms with Crippen molar-refractivity contribution in [1.29, 1.82) is 10.5 Å². The molecule has 160 valence electrons. The van der Waals surface area contributed by atoms with Crippen molar-refractivity contribution in [1.82, 2.24) is 5.01 Å². The fraction of sp³-hybridized carbons (Fsp3) is 0.185.